The summed E-state index contributed by atoms with van der Waals surface area (Å²) in [7, 11) is 0. The lowest BCUT2D eigenvalue weighted by Gasteiger charge is -2.19. The van der Waals surface area contributed by atoms with Crippen LogP contribution in [-0.4, -0.2) is 23.0 Å². The minimum absolute atomic E-state index is 0.584. The van der Waals surface area contributed by atoms with Crippen molar-refractivity contribution in [3.63, 3.8) is 0 Å². The van der Waals surface area contributed by atoms with E-state index < -0.39 is 0 Å². The van der Waals surface area contributed by atoms with Gasteiger partial charge in [0.05, 0.1) is 0 Å². The average Bonchev–Trinajstić information content (AvgIpc) is 3.08. The summed E-state index contributed by atoms with van der Waals surface area (Å²) in [6.45, 7) is 4.83. The predicted molar refractivity (Wildman–Crippen MR) is 94.5 cm³/mol. The molecule has 0 unspecified atom stereocenters. The Morgan fingerprint density at radius 2 is 1.82 bits per heavy atom. The summed E-state index contributed by atoms with van der Waals surface area (Å²) in [6.07, 6.45) is 2.48. The lowest BCUT2D eigenvalue weighted by atomic mass is 10.1. The van der Waals surface area contributed by atoms with E-state index in [-0.39, 0.29) is 0 Å². The van der Waals surface area contributed by atoms with Gasteiger partial charge in [-0.2, -0.15) is 0 Å². The van der Waals surface area contributed by atoms with Gasteiger partial charge in [-0.3, -0.25) is 0 Å². The Balaban J connectivity index is 1.65. The quantitative estimate of drug-likeness (QED) is 0.779. The lowest BCUT2D eigenvalue weighted by molar-refractivity contribution is 0.306. The summed E-state index contributed by atoms with van der Waals surface area (Å²) in [5.41, 5.74) is 3.53. The first-order chi connectivity index (χ1) is 10.7. The maximum absolute atomic E-state index is 5.91. The molecule has 0 N–H and O–H groups in total. The molecule has 2 aromatic carbocycles. The minimum atomic E-state index is 0.584. The molecule has 3 heteroatoms. The van der Waals surface area contributed by atoms with Crippen molar-refractivity contribution >= 4 is 17.2 Å². The van der Waals surface area contributed by atoms with Crippen molar-refractivity contribution in [1.29, 1.82) is 0 Å². The van der Waals surface area contributed by atoms with E-state index in [1.165, 1.54) is 24.0 Å². The highest BCUT2D eigenvalue weighted by Gasteiger charge is 2.16. The fraction of sp³-hybridized carbons (Fsp3) is 0.316. The standard InChI is InChI=1S/C19H21NOS/c1-15-7-9-16(10-8-15)14-21-18-6-4-5-17(13-18)19(22)20-11-2-3-12-20/h4-10,13H,2-3,11-12,14H2,1H3. The minimum Gasteiger partial charge on any atom is -0.489 e. The molecule has 0 saturated carbocycles. The van der Waals surface area contributed by atoms with Crippen molar-refractivity contribution in [3.05, 3.63) is 65.2 Å². The van der Waals surface area contributed by atoms with E-state index in [9.17, 15) is 0 Å². The molecular weight excluding hydrogens is 290 g/mol. The molecular formula is C19H21NOS. The van der Waals surface area contributed by atoms with E-state index >= 15 is 0 Å². The Morgan fingerprint density at radius 1 is 1.09 bits per heavy atom. The normalized spacial score (nSPS) is 14.1. The Hall–Kier alpha value is -1.87. The number of hydrogen-bond donors (Lipinski definition) is 0. The topological polar surface area (TPSA) is 12.5 Å². The van der Waals surface area contributed by atoms with Gasteiger partial charge in [0.1, 0.15) is 17.3 Å². The van der Waals surface area contributed by atoms with E-state index in [0.717, 1.165) is 29.4 Å². The van der Waals surface area contributed by atoms with Crippen LogP contribution >= 0.6 is 12.2 Å². The molecule has 1 saturated heterocycles. The van der Waals surface area contributed by atoms with E-state index in [4.69, 9.17) is 17.0 Å². The Morgan fingerprint density at radius 3 is 2.55 bits per heavy atom. The number of benzene rings is 2. The molecule has 2 aromatic rings. The summed E-state index contributed by atoms with van der Waals surface area (Å²) >= 11 is 5.60. The molecule has 0 spiro atoms. The lowest BCUT2D eigenvalue weighted by Crippen LogP contribution is -2.26. The van der Waals surface area contributed by atoms with Crippen LogP contribution in [0, 0.1) is 6.92 Å². The van der Waals surface area contributed by atoms with Crippen molar-refractivity contribution in [2.24, 2.45) is 0 Å². The van der Waals surface area contributed by atoms with Gasteiger partial charge in [0.15, 0.2) is 0 Å². The number of aryl methyl sites for hydroxylation is 1. The van der Waals surface area contributed by atoms with Crippen molar-refractivity contribution in [2.45, 2.75) is 26.4 Å². The van der Waals surface area contributed by atoms with Gasteiger partial charge in [-0.1, -0.05) is 54.2 Å². The summed E-state index contributed by atoms with van der Waals surface area (Å²) in [5.74, 6) is 0.875. The van der Waals surface area contributed by atoms with E-state index in [1.54, 1.807) is 0 Å². The Kier molecular flexibility index (Phi) is 4.74. The van der Waals surface area contributed by atoms with Gasteiger partial charge in [0.25, 0.3) is 0 Å². The maximum atomic E-state index is 5.91. The van der Waals surface area contributed by atoms with Gasteiger partial charge in [-0.25, -0.2) is 0 Å². The molecule has 0 aliphatic carbocycles. The van der Waals surface area contributed by atoms with E-state index in [2.05, 4.69) is 48.2 Å². The molecule has 2 nitrogen and oxygen atoms in total. The highest BCUT2D eigenvalue weighted by molar-refractivity contribution is 7.80. The zero-order valence-corrected chi connectivity index (χ0v) is 13.7. The molecule has 1 heterocycles. The van der Waals surface area contributed by atoms with Crippen LogP contribution in [0.1, 0.15) is 29.5 Å². The fourth-order valence-corrected chi connectivity index (χ4v) is 2.98. The zero-order valence-electron chi connectivity index (χ0n) is 12.9. The smallest absolute Gasteiger partial charge is 0.120 e. The van der Waals surface area contributed by atoms with Gasteiger partial charge < -0.3 is 9.64 Å². The third-order valence-corrected chi connectivity index (χ3v) is 4.49. The second kappa shape index (κ2) is 6.93. The van der Waals surface area contributed by atoms with Gasteiger partial charge in [0, 0.05) is 18.7 Å². The first-order valence-corrected chi connectivity index (χ1v) is 8.21. The highest BCUT2D eigenvalue weighted by atomic mass is 32.1. The molecule has 0 amide bonds. The zero-order chi connectivity index (χ0) is 15.4. The van der Waals surface area contributed by atoms with Crippen LogP contribution in [0.25, 0.3) is 0 Å². The molecule has 114 valence electrons. The molecule has 0 atom stereocenters. The van der Waals surface area contributed by atoms with Gasteiger partial charge >= 0.3 is 0 Å². The maximum Gasteiger partial charge on any atom is 0.120 e. The Labute approximate surface area is 137 Å². The predicted octanol–water partition coefficient (Wildman–Crippen LogP) is 4.35. The summed E-state index contributed by atoms with van der Waals surface area (Å²) in [6, 6.07) is 16.6. The van der Waals surface area contributed by atoms with Crippen LogP contribution in [0.3, 0.4) is 0 Å². The van der Waals surface area contributed by atoms with Crippen molar-refractivity contribution in [2.75, 3.05) is 13.1 Å². The SMILES string of the molecule is Cc1ccc(COc2cccc(C(=S)N3CCCC3)c2)cc1. The van der Waals surface area contributed by atoms with Crippen LogP contribution in [-0.2, 0) is 6.61 Å². The first kappa shape index (κ1) is 15.0. The molecule has 3 rings (SSSR count). The van der Waals surface area contributed by atoms with Crippen molar-refractivity contribution < 1.29 is 4.74 Å². The molecule has 1 aliphatic heterocycles. The number of thiocarbonyl (C=S) groups is 1. The number of nitrogens with zero attached hydrogens (tertiary/aromatic N) is 1. The van der Waals surface area contributed by atoms with Gasteiger partial charge in [0.2, 0.25) is 0 Å². The summed E-state index contributed by atoms with van der Waals surface area (Å²) < 4.78 is 5.91. The number of likely N-dealkylation sites (tertiary alicyclic amines) is 1. The molecule has 0 radical (unpaired) electrons. The first-order valence-electron chi connectivity index (χ1n) is 7.80. The van der Waals surface area contributed by atoms with Gasteiger partial charge in [-0.05, 0) is 37.5 Å². The van der Waals surface area contributed by atoms with Crippen molar-refractivity contribution in [1.82, 2.24) is 4.90 Å². The molecule has 22 heavy (non-hydrogen) atoms. The van der Waals surface area contributed by atoms with Crippen LogP contribution < -0.4 is 4.74 Å². The largest absolute Gasteiger partial charge is 0.489 e. The van der Waals surface area contributed by atoms with E-state index in [0.29, 0.717) is 6.61 Å². The molecule has 1 fully saturated rings. The molecule has 0 aromatic heterocycles. The fourth-order valence-electron chi connectivity index (χ4n) is 2.67. The Bertz CT molecular complexity index is 645. The number of hydrogen-bond acceptors (Lipinski definition) is 2. The number of rotatable bonds is 4. The van der Waals surface area contributed by atoms with Crippen LogP contribution in [0.2, 0.25) is 0 Å². The van der Waals surface area contributed by atoms with Gasteiger partial charge in [-0.15, -0.1) is 0 Å². The van der Waals surface area contributed by atoms with Crippen LogP contribution in [0.4, 0.5) is 0 Å². The summed E-state index contributed by atoms with van der Waals surface area (Å²) in [4.78, 5) is 3.23. The summed E-state index contributed by atoms with van der Waals surface area (Å²) in [5, 5.41) is 0. The highest BCUT2D eigenvalue weighted by Crippen LogP contribution is 2.19. The number of ether oxygens (including phenoxy) is 1. The van der Waals surface area contributed by atoms with E-state index in [1.807, 2.05) is 12.1 Å². The second-order valence-electron chi connectivity index (χ2n) is 5.80. The third kappa shape index (κ3) is 3.66. The molecule has 1 aliphatic rings. The van der Waals surface area contributed by atoms with Crippen LogP contribution in [0.5, 0.6) is 5.75 Å². The average molecular weight is 311 g/mol. The monoisotopic (exact) mass is 311 g/mol. The second-order valence-corrected chi connectivity index (χ2v) is 6.19. The van der Waals surface area contributed by atoms with Crippen molar-refractivity contribution in [3.8, 4) is 5.75 Å². The molecule has 0 bridgehead atoms. The third-order valence-electron chi connectivity index (χ3n) is 4.00. The van der Waals surface area contributed by atoms with Crippen LogP contribution in [0.15, 0.2) is 48.5 Å².